The second-order valence-electron chi connectivity index (χ2n) is 6.29. The summed E-state index contributed by atoms with van der Waals surface area (Å²) in [5.41, 5.74) is 7.20. The molecule has 1 saturated carbocycles. The van der Waals surface area contributed by atoms with Crippen molar-refractivity contribution in [1.82, 2.24) is 9.78 Å². The van der Waals surface area contributed by atoms with Crippen LogP contribution < -0.4 is 11.1 Å². The monoisotopic (exact) mass is 286 g/mol. The van der Waals surface area contributed by atoms with Gasteiger partial charge in [-0.15, -0.1) is 0 Å². The first-order valence-electron chi connectivity index (χ1n) is 7.57. The molecule has 1 aromatic carbocycles. The van der Waals surface area contributed by atoms with E-state index in [1.807, 2.05) is 29.1 Å². The number of carbonyl (C=O) groups is 1. The Bertz CT molecular complexity index is 668. The van der Waals surface area contributed by atoms with Crippen LogP contribution in [0, 0.1) is 0 Å². The lowest BCUT2D eigenvalue weighted by Crippen LogP contribution is -2.48. The van der Waals surface area contributed by atoms with E-state index in [-0.39, 0.29) is 5.91 Å². The lowest BCUT2D eigenvalue weighted by Gasteiger charge is -2.22. The van der Waals surface area contributed by atoms with Gasteiger partial charge in [0.15, 0.2) is 0 Å². The van der Waals surface area contributed by atoms with Gasteiger partial charge in [0, 0.05) is 23.3 Å². The van der Waals surface area contributed by atoms with Crippen molar-refractivity contribution in [2.45, 2.75) is 51.1 Å². The number of hydrogen-bond acceptors (Lipinski definition) is 3. The number of amides is 1. The molecule has 112 valence electrons. The first kappa shape index (κ1) is 14.1. The van der Waals surface area contributed by atoms with Crippen LogP contribution in [0.4, 0.5) is 5.69 Å². The van der Waals surface area contributed by atoms with E-state index in [9.17, 15) is 4.79 Å². The lowest BCUT2D eigenvalue weighted by atomic mass is 9.98. The minimum Gasteiger partial charge on any atom is -0.324 e. The topological polar surface area (TPSA) is 72.9 Å². The Kier molecular flexibility index (Phi) is 3.45. The largest absolute Gasteiger partial charge is 0.324 e. The second kappa shape index (κ2) is 5.15. The molecule has 3 N–H and O–H groups in total. The molecule has 1 fully saturated rings. The summed E-state index contributed by atoms with van der Waals surface area (Å²) in [6.07, 6.45) is 5.61. The molecule has 21 heavy (non-hydrogen) atoms. The van der Waals surface area contributed by atoms with Crippen molar-refractivity contribution >= 4 is 22.5 Å². The average Bonchev–Trinajstić information content (AvgIpc) is 3.05. The Morgan fingerprint density at radius 1 is 1.38 bits per heavy atom. The third-order valence-corrected chi connectivity index (χ3v) is 4.26. The summed E-state index contributed by atoms with van der Waals surface area (Å²) in [6, 6.07) is 6.09. The highest BCUT2D eigenvalue weighted by Gasteiger charge is 2.36. The quantitative estimate of drug-likeness (QED) is 0.911. The molecule has 0 saturated heterocycles. The van der Waals surface area contributed by atoms with E-state index in [2.05, 4.69) is 24.3 Å². The first-order valence-corrected chi connectivity index (χ1v) is 7.57. The van der Waals surface area contributed by atoms with Gasteiger partial charge in [-0.1, -0.05) is 12.8 Å². The molecule has 0 spiro atoms. The van der Waals surface area contributed by atoms with Gasteiger partial charge in [0.25, 0.3) is 0 Å². The smallest absolute Gasteiger partial charge is 0.244 e. The number of fused-ring (bicyclic) bond motifs is 1. The van der Waals surface area contributed by atoms with Crippen LogP contribution in [-0.4, -0.2) is 21.2 Å². The van der Waals surface area contributed by atoms with Crippen molar-refractivity contribution in [1.29, 1.82) is 0 Å². The van der Waals surface area contributed by atoms with Crippen LogP contribution in [0.15, 0.2) is 24.4 Å². The number of nitrogens with two attached hydrogens (primary N) is 1. The van der Waals surface area contributed by atoms with Crippen LogP contribution in [0.2, 0.25) is 0 Å². The van der Waals surface area contributed by atoms with Gasteiger partial charge in [-0.25, -0.2) is 0 Å². The maximum atomic E-state index is 12.3. The van der Waals surface area contributed by atoms with Crippen molar-refractivity contribution in [3.05, 3.63) is 24.4 Å². The van der Waals surface area contributed by atoms with E-state index in [0.29, 0.717) is 6.04 Å². The predicted octanol–water partition coefficient (Wildman–Crippen LogP) is 2.83. The molecule has 5 heteroatoms. The number of carbonyl (C=O) groups excluding carboxylic acids is 1. The van der Waals surface area contributed by atoms with E-state index in [4.69, 9.17) is 5.73 Å². The predicted molar refractivity (Wildman–Crippen MR) is 84.1 cm³/mol. The van der Waals surface area contributed by atoms with Gasteiger partial charge in [-0.3, -0.25) is 9.48 Å². The van der Waals surface area contributed by atoms with E-state index in [1.165, 1.54) is 0 Å². The molecular weight excluding hydrogens is 264 g/mol. The highest BCUT2D eigenvalue weighted by Crippen LogP contribution is 2.29. The van der Waals surface area contributed by atoms with Crippen molar-refractivity contribution in [3.63, 3.8) is 0 Å². The molecule has 2 aromatic rings. The fourth-order valence-corrected chi connectivity index (χ4v) is 2.88. The summed E-state index contributed by atoms with van der Waals surface area (Å²) in [5.74, 6) is -0.0735. The standard InChI is InChI=1S/C16H22N4O/c1-11(2)20-10-12-9-13(5-6-14(12)19-20)18-15(21)16(17)7-3-4-8-16/h5-6,9-11H,3-4,7-8,17H2,1-2H3,(H,18,21). The molecule has 5 nitrogen and oxygen atoms in total. The fraction of sp³-hybridized carbons (Fsp3) is 0.500. The number of hydrogen-bond donors (Lipinski definition) is 2. The minimum absolute atomic E-state index is 0.0735. The van der Waals surface area contributed by atoms with Crippen LogP contribution in [0.1, 0.15) is 45.6 Å². The van der Waals surface area contributed by atoms with Crippen LogP contribution >= 0.6 is 0 Å². The number of benzene rings is 1. The Labute approximate surface area is 124 Å². The number of nitrogens with zero attached hydrogens (tertiary/aromatic N) is 2. The summed E-state index contributed by atoms with van der Waals surface area (Å²) in [6.45, 7) is 4.18. The number of rotatable bonds is 3. The second-order valence-corrected chi connectivity index (χ2v) is 6.29. The van der Waals surface area contributed by atoms with E-state index in [1.54, 1.807) is 0 Å². The zero-order valence-corrected chi connectivity index (χ0v) is 12.6. The highest BCUT2D eigenvalue weighted by atomic mass is 16.2. The molecule has 0 radical (unpaired) electrons. The SMILES string of the molecule is CC(C)n1cc2cc(NC(=O)C3(N)CCCC3)ccc2n1. The van der Waals surface area contributed by atoms with Gasteiger partial charge in [0.05, 0.1) is 11.1 Å². The lowest BCUT2D eigenvalue weighted by molar-refractivity contribution is -0.121. The third kappa shape index (κ3) is 2.65. The maximum absolute atomic E-state index is 12.3. The molecule has 0 aliphatic heterocycles. The maximum Gasteiger partial charge on any atom is 0.244 e. The fourth-order valence-electron chi connectivity index (χ4n) is 2.88. The summed E-state index contributed by atoms with van der Waals surface area (Å²) >= 11 is 0. The highest BCUT2D eigenvalue weighted by molar-refractivity contribution is 5.99. The van der Waals surface area contributed by atoms with E-state index >= 15 is 0 Å². The zero-order chi connectivity index (χ0) is 15.0. The Balaban J connectivity index is 1.82. The molecule has 1 heterocycles. The van der Waals surface area contributed by atoms with Gasteiger partial charge in [-0.2, -0.15) is 5.10 Å². The molecule has 0 atom stereocenters. The molecule has 1 aliphatic rings. The van der Waals surface area contributed by atoms with Gasteiger partial charge in [0.1, 0.15) is 0 Å². The van der Waals surface area contributed by atoms with Gasteiger partial charge in [0.2, 0.25) is 5.91 Å². The van der Waals surface area contributed by atoms with Crippen molar-refractivity contribution in [3.8, 4) is 0 Å². The number of anilines is 1. The van der Waals surface area contributed by atoms with Gasteiger partial charge in [-0.05, 0) is 44.9 Å². The van der Waals surface area contributed by atoms with Crippen LogP contribution in [-0.2, 0) is 4.79 Å². The molecule has 1 aromatic heterocycles. The third-order valence-electron chi connectivity index (χ3n) is 4.26. The van der Waals surface area contributed by atoms with Gasteiger partial charge < -0.3 is 11.1 Å². The number of aromatic nitrogens is 2. The summed E-state index contributed by atoms with van der Waals surface area (Å²) in [7, 11) is 0. The van der Waals surface area contributed by atoms with Crippen LogP contribution in [0.5, 0.6) is 0 Å². The Morgan fingerprint density at radius 2 is 2.10 bits per heavy atom. The van der Waals surface area contributed by atoms with Gasteiger partial charge >= 0.3 is 0 Å². The summed E-state index contributed by atoms with van der Waals surface area (Å²) in [5, 5.41) is 8.48. The van der Waals surface area contributed by atoms with E-state index < -0.39 is 5.54 Å². The van der Waals surface area contributed by atoms with Crippen LogP contribution in [0.3, 0.4) is 0 Å². The zero-order valence-electron chi connectivity index (χ0n) is 12.6. The summed E-state index contributed by atoms with van der Waals surface area (Å²) < 4.78 is 1.93. The van der Waals surface area contributed by atoms with Crippen molar-refractivity contribution < 1.29 is 4.79 Å². The summed E-state index contributed by atoms with van der Waals surface area (Å²) in [4.78, 5) is 12.3. The molecule has 1 aliphatic carbocycles. The average molecular weight is 286 g/mol. The first-order chi connectivity index (χ1) is 9.98. The molecule has 3 rings (SSSR count). The molecule has 0 unspecified atom stereocenters. The van der Waals surface area contributed by atoms with Crippen molar-refractivity contribution in [2.75, 3.05) is 5.32 Å². The normalized spacial score (nSPS) is 17.5. The number of nitrogens with one attached hydrogen (secondary N) is 1. The van der Waals surface area contributed by atoms with Crippen molar-refractivity contribution in [2.24, 2.45) is 5.73 Å². The van der Waals surface area contributed by atoms with Crippen LogP contribution in [0.25, 0.3) is 10.9 Å². The Morgan fingerprint density at radius 3 is 2.76 bits per heavy atom. The molecular formula is C16H22N4O. The molecule has 0 bridgehead atoms. The Hall–Kier alpha value is -1.88. The minimum atomic E-state index is -0.697. The van der Waals surface area contributed by atoms with E-state index in [0.717, 1.165) is 42.3 Å². The molecule has 1 amide bonds.